The van der Waals surface area contributed by atoms with E-state index >= 15 is 0 Å². The van der Waals surface area contributed by atoms with E-state index < -0.39 is 5.91 Å². The van der Waals surface area contributed by atoms with Crippen molar-refractivity contribution in [3.8, 4) is 11.5 Å². The van der Waals surface area contributed by atoms with Crippen LogP contribution in [-0.4, -0.2) is 36.2 Å². The molecule has 0 bridgehead atoms. The van der Waals surface area contributed by atoms with E-state index in [-0.39, 0.29) is 19.1 Å². The fraction of sp³-hybridized carbons (Fsp3) is 0.111. The summed E-state index contributed by atoms with van der Waals surface area (Å²) in [6, 6.07) is 20.1. The fourth-order valence-electron chi connectivity index (χ4n) is 3.33. The number of rotatable bonds is 9. The number of pyridine rings is 1. The molecule has 2 amide bonds. The van der Waals surface area contributed by atoms with Crippen LogP contribution >= 0.6 is 31.9 Å². The van der Waals surface area contributed by atoms with E-state index in [1.165, 1.54) is 6.21 Å². The largest absolute Gasteiger partial charge is 0.484 e. The molecule has 1 heterocycles. The number of nitrogens with zero attached hydrogens (tertiary/aromatic N) is 2. The lowest BCUT2D eigenvalue weighted by atomic mass is 10.2. The SMILES string of the molecule is Cc1ccccc1NC(=O)COc1ccc(/C=N/NC(=O)COc2c(Br)cc(Br)c3cccnc23)cc1. The Morgan fingerprint density at radius 3 is 2.49 bits per heavy atom. The van der Waals surface area contributed by atoms with Crippen molar-refractivity contribution in [2.75, 3.05) is 18.5 Å². The zero-order valence-electron chi connectivity index (χ0n) is 19.7. The van der Waals surface area contributed by atoms with E-state index in [0.29, 0.717) is 21.5 Å². The summed E-state index contributed by atoms with van der Waals surface area (Å²) in [6.07, 6.45) is 3.16. The molecule has 0 atom stereocenters. The molecule has 0 aliphatic rings. The molecule has 2 N–H and O–H groups in total. The van der Waals surface area contributed by atoms with E-state index in [4.69, 9.17) is 9.47 Å². The zero-order chi connectivity index (χ0) is 26.2. The van der Waals surface area contributed by atoms with Crippen LogP contribution < -0.4 is 20.2 Å². The number of hydrogen-bond acceptors (Lipinski definition) is 6. The number of hydrazone groups is 1. The molecular formula is C27H22Br2N4O4. The van der Waals surface area contributed by atoms with E-state index in [1.807, 2.05) is 49.4 Å². The van der Waals surface area contributed by atoms with Gasteiger partial charge in [0.1, 0.15) is 11.3 Å². The Bertz CT molecular complexity index is 1460. The number of benzene rings is 3. The fourth-order valence-corrected chi connectivity index (χ4v) is 4.72. The molecule has 0 fully saturated rings. The monoisotopic (exact) mass is 624 g/mol. The van der Waals surface area contributed by atoms with Gasteiger partial charge in [0.15, 0.2) is 19.0 Å². The molecule has 0 aliphatic carbocycles. The third-order valence-electron chi connectivity index (χ3n) is 5.17. The Hall–Kier alpha value is -3.76. The van der Waals surface area contributed by atoms with Crippen LogP contribution in [0.25, 0.3) is 10.9 Å². The van der Waals surface area contributed by atoms with Crippen molar-refractivity contribution in [3.05, 3.63) is 93.0 Å². The molecule has 0 unspecified atom stereocenters. The number of carbonyl (C=O) groups is 2. The number of carbonyl (C=O) groups excluding carboxylic acids is 2. The minimum absolute atomic E-state index is 0.114. The summed E-state index contributed by atoms with van der Waals surface area (Å²) in [5.74, 6) is 0.343. The van der Waals surface area contributed by atoms with Crippen molar-refractivity contribution in [2.45, 2.75) is 6.92 Å². The molecule has 1 aromatic heterocycles. The Balaban J connectivity index is 1.24. The summed E-state index contributed by atoms with van der Waals surface area (Å²) in [4.78, 5) is 28.7. The normalized spacial score (nSPS) is 10.9. The van der Waals surface area contributed by atoms with Gasteiger partial charge in [-0.2, -0.15) is 5.10 Å². The molecule has 0 spiro atoms. The van der Waals surface area contributed by atoms with Crippen molar-refractivity contribution < 1.29 is 19.1 Å². The Labute approximate surface area is 230 Å². The van der Waals surface area contributed by atoms with Crippen LogP contribution in [0.15, 0.2) is 87.0 Å². The quantitative estimate of drug-likeness (QED) is 0.186. The lowest BCUT2D eigenvalue weighted by molar-refractivity contribution is -0.123. The summed E-state index contributed by atoms with van der Waals surface area (Å²) in [5.41, 5.74) is 5.54. The van der Waals surface area contributed by atoms with Gasteiger partial charge < -0.3 is 14.8 Å². The van der Waals surface area contributed by atoms with Gasteiger partial charge >= 0.3 is 0 Å². The number of nitrogens with one attached hydrogen (secondary N) is 2. The van der Waals surface area contributed by atoms with Crippen LogP contribution in [0, 0.1) is 6.92 Å². The average molecular weight is 626 g/mol. The highest BCUT2D eigenvalue weighted by Gasteiger charge is 2.13. The van der Waals surface area contributed by atoms with Crippen molar-refractivity contribution in [3.63, 3.8) is 0 Å². The van der Waals surface area contributed by atoms with Gasteiger partial charge in [0.25, 0.3) is 11.8 Å². The molecule has 37 heavy (non-hydrogen) atoms. The Morgan fingerprint density at radius 2 is 1.70 bits per heavy atom. The molecule has 3 aromatic carbocycles. The number of aryl methyl sites for hydroxylation is 1. The van der Waals surface area contributed by atoms with Gasteiger partial charge in [-0.15, -0.1) is 0 Å². The zero-order valence-corrected chi connectivity index (χ0v) is 22.9. The molecule has 188 valence electrons. The number of halogens is 2. The van der Waals surface area contributed by atoms with Crippen LogP contribution in [0.1, 0.15) is 11.1 Å². The molecule has 0 radical (unpaired) electrons. The van der Waals surface area contributed by atoms with Crippen LogP contribution in [0.2, 0.25) is 0 Å². The first-order valence-corrected chi connectivity index (χ1v) is 12.7. The average Bonchev–Trinajstić information content (AvgIpc) is 2.89. The number of ether oxygens (including phenoxy) is 2. The molecule has 0 aliphatic heterocycles. The van der Waals surface area contributed by atoms with E-state index in [2.05, 4.69) is 52.7 Å². The van der Waals surface area contributed by atoms with Gasteiger partial charge in [-0.25, -0.2) is 5.43 Å². The summed E-state index contributed by atoms with van der Waals surface area (Å²) < 4.78 is 12.8. The van der Waals surface area contributed by atoms with Crippen molar-refractivity contribution in [1.29, 1.82) is 0 Å². The minimum atomic E-state index is -0.422. The molecule has 0 saturated heterocycles. The molecule has 8 nitrogen and oxygen atoms in total. The summed E-state index contributed by atoms with van der Waals surface area (Å²) >= 11 is 6.96. The van der Waals surface area contributed by atoms with E-state index in [9.17, 15) is 9.59 Å². The third-order valence-corrected chi connectivity index (χ3v) is 6.42. The minimum Gasteiger partial charge on any atom is -0.484 e. The second-order valence-corrected chi connectivity index (χ2v) is 9.58. The van der Waals surface area contributed by atoms with Crippen molar-refractivity contribution in [2.24, 2.45) is 5.10 Å². The van der Waals surface area contributed by atoms with Gasteiger partial charge in [-0.1, -0.05) is 40.2 Å². The van der Waals surface area contributed by atoms with Crippen LogP contribution in [0.5, 0.6) is 11.5 Å². The maximum Gasteiger partial charge on any atom is 0.277 e. The second-order valence-electron chi connectivity index (χ2n) is 7.87. The van der Waals surface area contributed by atoms with Crippen molar-refractivity contribution in [1.82, 2.24) is 10.4 Å². The highest BCUT2D eigenvalue weighted by molar-refractivity contribution is 9.11. The maximum atomic E-state index is 12.2. The Morgan fingerprint density at radius 1 is 0.946 bits per heavy atom. The number of anilines is 1. The van der Waals surface area contributed by atoms with E-state index in [0.717, 1.165) is 26.7 Å². The van der Waals surface area contributed by atoms with Gasteiger partial charge in [0.2, 0.25) is 0 Å². The predicted molar refractivity (Wildman–Crippen MR) is 150 cm³/mol. The summed E-state index contributed by atoms with van der Waals surface area (Å²) in [7, 11) is 0. The predicted octanol–water partition coefficient (Wildman–Crippen LogP) is 5.61. The van der Waals surface area contributed by atoms with Crippen LogP contribution in [-0.2, 0) is 9.59 Å². The first-order valence-electron chi connectivity index (χ1n) is 11.2. The third kappa shape index (κ3) is 7.14. The summed E-state index contributed by atoms with van der Waals surface area (Å²) in [5, 5.41) is 7.66. The number of amides is 2. The highest BCUT2D eigenvalue weighted by Crippen LogP contribution is 2.37. The van der Waals surface area contributed by atoms with Gasteiger partial charge in [0, 0.05) is 21.7 Å². The first-order chi connectivity index (χ1) is 17.9. The van der Waals surface area contributed by atoms with Crippen LogP contribution in [0.4, 0.5) is 5.69 Å². The smallest absolute Gasteiger partial charge is 0.277 e. The second kappa shape index (κ2) is 12.5. The van der Waals surface area contributed by atoms with Gasteiger partial charge in [-0.3, -0.25) is 14.6 Å². The number of aromatic nitrogens is 1. The molecule has 10 heteroatoms. The number of hydrogen-bond donors (Lipinski definition) is 2. The van der Waals surface area contributed by atoms with E-state index in [1.54, 1.807) is 30.5 Å². The lowest BCUT2D eigenvalue weighted by Crippen LogP contribution is -2.24. The highest BCUT2D eigenvalue weighted by atomic mass is 79.9. The summed E-state index contributed by atoms with van der Waals surface area (Å²) in [6.45, 7) is 1.57. The molecule has 4 rings (SSSR count). The lowest BCUT2D eigenvalue weighted by Gasteiger charge is -2.11. The number of para-hydroxylation sites is 1. The first kappa shape index (κ1) is 26.3. The molecule has 4 aromatic rings. The molecular weight excluding hydrogens is 604 g/mol. The topological polar surface area (TPSA) is 102 Å². The Kier molecular flexibility index (Phi) is 8.86. The van der Waals surface area contributed by atoms with Gasteiger partial charge in [0.05, 0.1) is 10.7 Å². The van der Waals surface area contributed by atoms with Gasteiger partial charge in [-0.05, 0) is 76.4 Å². The van der Waals surface area contributed by atoms with Crippen LogP contribution in [0.3, 0.4) is 0 Å². The molecule has 0 saturated carbocycles. The number of fused-ring (bicyclic) bond motifs is 1. The standard InChI is InChI=1S/C27H22Br2N4O4/c1-17-5-2-3-7-23(17)32-24(34)15-36-19-10-8-18(9-11-19)14-31-33-25(35)16-37-27-22(29)13-21(28)20-6-4-12-30-26(20)27/h2-14H,15-16H2,1H3,(H,32,34)(H,33,35)/b31-14+. The van der Waals surface area contributed by atoms with Crippen molar-refractivity contribution >= 4 is 66.5 Å². The maximum absolute atomic E-state index is 12.2.